The second kappa shape index (κ2) is 7.70. The Labute approximate surface area is 113 Å². The van der Waals surface area contributed by atoms with E-state index in [-0.39, 0.29) is 11.8 Å². The molecule has 19 heavy (non-hydrogen) atoms. The molecule has 0 spiro atoms. The number of ether oxygens (including phenoxy) is 1. The van der Waals surface area contributed by atoms with Crippen molar-refractivity contribution >= 4 is 11.7 Å². The molecule has 0 aromatic carbocycles. The third kappa shape index (κ3) is 4.84. The Morgan fingerprint density at radius 3 is 2.79 bits per heavy atom. The second-order valence-corrected chi connectivity index (χ2v) is 4.42. The highest BCUT2D eigenvalue weighted by Crippen LogP contribution is 2.17. The zero-order chi connectivity index (χ0) is 14.3. The van der Waals surface area contributed by atoms with Gasteiger partial charge in [0.2, 0.25) is 0 Å². The standard InChI is InChI=1S/C13H22N4O2/c1-4-19-6-5-15-13(18)10-7-11(9(2)3)16-12(8-10)17-14/h7-9H,4-6,14H2,1-3H3,(H,15,18)(H,16,17). The Bertz CT molecular complexity index is 421. The molecule has 0 saturated heterocycles. The van der Waals surface area contributed by atoms with Gasteiger partial charge in [0.15, 0.2) is 0 Å². The number of pyridine rings is 1. The fraction of sp³-hybridized carbons (Fsp3) is 0.538. The van der Waals surface area contributed by atoms with Crippen molar-refractivity contribution in [2.45, 2.75) is 26.7 Å². The molecule has 0 atom stereocenters. The SMILES string of the molecule is CCOCCNC(=O)c1cc(NN)nc(C(C)C)c1. The number of carbonyl (C=O) groups excluding carboxylic acids is 1. The number of nitrogen functional groups attached to an aromatic ring is 1. The van der Waals surface area contributed by atoms with Gasteiger partial charge in [-0.25, -0.2) is 10.8 Å². The number of nitrogens with two attached hydrogens (primary N) is 1. The Hall–Kier alpha value is -1.66. The van der Waals surface area contributed by atoms with Gasteiger partial charge in [0.1, 0.15) is 5.82 Å². The molecule has 1 amide bonds. The van der Waals surface area contributed by atoms with Crippen molar-refractivity contribution in [3.8, 4) is 0 Å². The minimum absolute atomic E-state index is 0.152. The molecule has 1 rings (SSSR count). The maximum atomic E-state index is 12.0. The van der Waals surface area contributed by atoms with Crippen molar-refractivity contribution in [2.75, 3.05) is 25.2 Å². The summed E-state index contributed by atoms with van der Waals surface area (Å²) in [6, 6.07) is 3.41. The van der Waals surface area contributed by atoms with Crippen LogP contribution < -0.4 is 16.6 Å². The van der Waals surface area contributed by atoms with Gasteiger partial charge in [-0.1, -0.05) is 13.8 Å². The van der Waals surface area contributed by atoms with E-state index in [4.69, 9.17) is 10.6 Å². The predicted octanol–water partition coefficient (Wildman–Crippen LogP) is 1.26. The molecule has 0 aliphatic carbocycles. The molecule has 0 aliphatic rings. The molecule has 6 nitrogen and oxygen atoms in total. The molecule has 0 unspecified atom stereocenters. The zero-order valence-corrected chi connectivity index (χ0v) is 11.7. The summed E-state index contributed by atoms with van der Waals surface area (Å²) < 4.78 is 5.17. The maximum Gasteiger partial charge on any atom is 0.251 e. The number of carbonyl (C=O) groups is 1. The number of aromatic nitrogens is 1. The van der Waals surface area contributed by atoms with Crippen LogP contribution in [0.1, 0.15) is 42.7 Å². The molecular weight excluding hydrogens is 244 g/mol. The third-order valence-electron chi connectivity index (χ3n) is 2.58. The van der Waals surface area contributed by atoms with Gasteiger partial charge in [0, 0.05) is 24.4 Å². The summed E-state index contributed by atoms with van der Waals surface area (Å²) in [6.07, 6.45) is 0. The summed E-state index contributed by atoms with van der Waals surface area (Å²) >= 11 is 0. The van der Waals surface area contributed by atoms with Crippen molar-refractivity contribution in [3.63, 3.8) is 0 Å². The van der Waals surface area contributed by atoms with E-state index in [1.807, 2.05) is 20.8 Å². The second-order valence-electron chi connectivity index (χ2n) is 4.42. The molecule has 6 heteroatoms. The fourth-order valence-corrected chi connectivity index (χ4v) is 1.54. The quantitative estimate of drug-likeness (QED) is 0.393. The van der Waals surface area contributed by atoms with Gasteiger partial charge < -0.3 is 15.5 Å². The molecule has 1 aromatic rings. The molecule has 0 aliphatic heterocycles. The minimum atomic E-state index is -0.152. The van der Waals surface area contributed by atoms with E-state index in [2.05, 4.69) is 15.7 Å². The van der Waals surface area contributed by atoms with E-state index in [1.165, 1.54) is 0 Å². The van der Waals surface area contributed by atoms with Gasteiger partial charge in [0.05, 0.1) is 6.61 Å². The van der Waals surface area contributed by atoms with Gasteiger partial charge in [-0.2, -0.15) is 0 Å². The number of rotatable bonds is 7. The van der Waals surface area contributed by atoms with Crippen molar-refractivity contribution in [2.24, 2.45) is 5.84 Å². The fourth-order valence-electron chi connectivity index (χ4n) is 1.54. The molecule has 0 bridgehead atoms. The monoisotopic (exact) mass is 266 g/mol. The lowest BCUT2D eigenvalue weighted by atomic mass is 10.1. The van der Waals surface area contributed by atoms with E-state index in [1.54, 1.807) is 12.1 Å². The van der Waals surface area contributed by atoms with E-state index in [9.17, 15) is 4.79 Å². The van der Waals surface area contributed by atoms with Crippen LogP contribution in [0.4, 0.5) is 5.82 Å². The molecule has 0 fully saturated rings. The average Bonchev–Trinajstić information content (AvgIpc) is 2.42. The largest absolute Gasteiger partial charge is 0.380 e. The summed E-state index contributed by atoms with van der Waals surface area (Å²) in [6.45, 7) is 7.57. The van der Waals surface area contributed by atoms with Crippen LogP contribution in [0.15, 0.2) is 12.1 Å². The number of amides is 1. The van der Waals surface area contributed by atoms with Crippen molar-refractivity contribution in [3.05, 3.63) is 23.4 Å². The van der Waals surface area contributed by atoms with Crippen molar-refractivity contribution < 1.29 is 9.53 Å². The van der Waals surface area contributed by atoms with Crippen LogP contribution in [-0.4, -0.2) is 30.6 Å². The van der Waals surface area contributed by atoms with Crippen molar-refractivity contribution in [1.29, 1.82) is 0 Å². The number of anilines is 1. The van der Waals surface area contributed by atoms with Gasteiger partial charge in [-0.15, -0.1) is 0 Å². The van der Waals surface area contributed by atoms with Gasteiger partial charge in [-0.05, 0) is 25.0 Å². The Balaban J connectivity index is 2.75. The normalized spacial score (nSPS) is 10.6. The molecule has 1 heterocycles. The lowest BCUT2D eigenvalue weighted by Gasteiger charge is -2.11. The molecule has 0 saturated carbocycles. The smallest absolute Gasteiger partial charge is 0.251 e. The summed E-state index contributed by atoms with van der Waals surface area (Å²) in [4.78, 5) is 16.3. The first-order valence-corrected chi connectivity index (χ1v) is 6.43. The molecule has 0 radical (unpaired) electrons. The first kappa shape index (κ1) is 15.4. The first-order chi connectivity index (χ1) is 9.08. The highest BCUT2D eigenvalue weighted by atomic mass is 16.5. The van der Waals surface area contributed by atoms with Gasteiger partial charge >= 0.3 is 0 Å². The minimum Gasteiger partial charge on any atom is -0.380 e. The number of nitrogens with one attached hydrogen (secondary N) is 2. The highest BCUT2D eigenvalue weighted by Gasteiger charge is 2.11. The predicted molar refractivity (Wildman–Crippen MR) is 75.0 cm³/mol. The van der Waals surface area contributed by atoms with Crippen LogP contribution in [-0.2, 0) is 4.74 Å². The average molecular weight is 266 g/mol. The molecular formula is C13H22N4O2. The van der Waals surface area contributed by atoms with Crippen LogP contribution >= 0.6 is 0 Å². The van der Waals surface area contributed by atoms with Crippen LogP contribution in [0.5, 0.6) is 0 Å². The molecule has 106 valence electrons. The van der Waals surface area contributed by atoms with Crippen LogP contribution in [0.25, 0.3) is 0 Å². The van der Waals surface area contributed by atoms with E-state index >= 15 is 0 Å². The highest BCUT2D eigenvalue weighted by molar-refractivity contribution is 5.95. The van der Waals surface area contributed by atoms with Crippen LogP contribution in [0.2, 0.25) is 0 Å². The Morgan fingerprint density at radius 1 is 1.47 bits per heavy atom. The Kier molecular flexibility index (Phi) is 6.24. The first-order valence-electron chi connectivity index (χ1n) is 6.43. The number of hydrogen-bond donors (Lipinski definition) is 3. The zero-order valence-electron chi connectivity index (χ0n) is 11.7. The van der Waals surface area contributed by atoms with E-state index < -0.39 is 0 Å². The lowest BCUT2D eigenvalue weighted by molar-refractivity contribution is 0.0922. The number of nitrogens with zero attached hydrogens (tertiary/aromatic N) is 1. The van der Waals surface area contributed by atoms with Crippen molar-refractivity contribution in [1.82, 2.24) is 10.3 Å². The summed E-state index contributed by atoms with van der Waals surface area (Å²) in [5, 5.41) is 2.79. The summed E-state index contributed by atoms with van der Waals surface area (Å²) in [7, 11) is 0. The van der Waals surface area contributed by atoms with E-state index in [0.29, 0.717) is 31.1 Å². The van der Waals surface area contributed by atoms with E-state index in [0.717, 1.165) is 5.69 Å². The lowest BCUT2D eigenvalue weighted by Crippen LogP contribution is -2.27. The van der Waals surface area contributed by atoms with Crippen LogP contribution in [0.3, 0.4) is 0 Å². The van der Waals surface area contributed by atoms with Gasteiger partial charge in [-0.3, -0.25) is 4.79 Å². The maximum absolute atomic E-state index is 12.0. The molecule has 4 N–H and O–H groups in total. The molecule has 1 aromatic heterocycles. The number of hydrazine groups is 1. The Morgan fingerprint density at radius 2 is 2.21 bits per heavy atom. The van der Waals surface area contributed by atoms with Gasteiger partial charge in [0.25, 0.3) is 5.91 Å². The van der Waals surface area contributed by atoms with Crippen LogP contribution in [0, 0.1) is 0 Å². The third-order valence-corrected chi connectivity index (χ3v) is 2.58. The summed E-state index contributed by atoms with van der Waals surface area (Å²) in [5.41, 5.74) is 3.85. The number of hydrogen-bond acceptors (Lipinski definition) is 5. The summed E-state index contributed by atoms with van der Waals surface area (Å²) in [5.74, 6) is 5.92. The topological polar surface area (TPSA) is 89.3 Å².